The second-order valence-electron chi connectivity index (χ2n) is 6.93. The van der Waals surface area contributed by atoms with Crippen LogP contribution < -0.4 is 15.4 Å². The van der Waals surface area contributed by atoms with Crippen LogP contribution in [0.1, 0.15) is 38.2 Å². The molecule has 0 aliphatic carbocycles. The number of anilines is 2. The number of halogens is 2. The molecule has 2 aromatic rings. The van der Waals surface area contributed by atoms with Crippen molar-refractivity contribution in [1.82, 2.24) is 15.3 Å². The Bertz CT molecular complexity index is 786. The van der Waals surface area contributed by atoms with Gasteiger partial charge in [0.2, 0.25) is 11.9 Å². The summed E-state index contributed by atoms with van der Waals surface area (Å²) in [7, 11) is 1.43. The van der Waals surface area contributed by atoms with Gasteiger partial charge in [-0.25, -0.2) is 4.98 Å². The number of aromatic nitrogens is 2. The average Bonchev–Trinajstić information content (AvgIpc) is 2.52. The van der Waals surface area contributed by atoms with Gasteiger partial charge in [0.05, 0.1) is 7.11 Å². The van der Waals surface area contributed by atoms with E-state index in [-0.39, 0.29) is 28.7 Å². The van der Waals surface area contributed by atoms with E-state index in [1.54, 1.807) is 12.1 Å². The van der Waals surface area contributed by atoms with Crippen molar-refractivity contribution in [2.24, 2.45) is 5.41 Å². The minimum Gasteiger partial charge on any atom is -0.494 e. The molecule has 0 saturated carbocycles. The van der Waals surface area contributed by atoms with Gasteiger partial charge >= 0.3 is 0 Å². The summed E-state index contributed by atoms with van der Waals surface area (Å²) >= 11 is 0. The number of hydrogen-bond donors (Lipinski definition) is 2. The van der Waals surface area contributed by atoms with Crippen molar-refractivity contribution in [2.75, 3.05) is 12.4 Å². The Balaban J connectivity index is 2.28. The lowest BCUT2D eigenvalue weighted by atomic mass is 9.88. The lowest BCUT2D eigenvalue weighted by Crippen LogP contribution is -2.41. The van der Waals surface area contributed by atoms with Gasteiger partial charge in [0.1, 0.15) is 11.6 Å². The SMILES string of the molecule is COc1ccc(Nc2cc(F)nc(F)c2)nc1C(=O)NC(C)C(C)(C)C. The van der Waals surface area contributed by atoms with Crippen molar-refractivity contribution in [2.45, 2.75) is 33.7 Å². The molecule has 8 heteroatoms. The Kier molecular flexibility index (Phi) is 5.74. The molecular weight excluding hydrogens is 342 g/mol. The van der Waals surface area contributed by atoms with Crippen molar-refractivity contribution in [1.29, 1.82) is 0 Å². The van der Waals surface area contributed by atoms with Crippen LogP contribution in [0.3, 0.4) is 0 Å². The molecule has 2 rings (SSSR count). The third-order valence-electron chi connectivity index (χ3n) is 3.98. The number of pyridine rings is 2. The lowest BCUT2D eigenvalue weighted by molar-refractivity contribution is 0.0901. The van der Waals surface area contributed by atoms with Crippen LogP contribution in [-0.2, 0) is 0 Å². The fourth-order valence-electron chi connectivity index (χ4n) is 2.01. The van der Waals surface area contributed by atoms with Crippen LogP contribution in [0.4, 0.5) is 20.3 Å². The van der Waals surface area contributed by atoms with Crippen LogP contribution in [-0.4, -0.2) is 29.0 Å². The zero-order chi connectivity index (χ0) is 19.5. The minimum absolute atomic E-state index is 0.0728. The number of rotatable bonds is 5. The molecule has 1 unspecified atom stereocenters. The van der Waals surface area contributed by atoms with E-state index in [4.69, 9.17) is 4.74 Å². The van der Waals surface area contributed by atoms with E-state index in [0.717, 1.165) is 12.1 Å². The summed E-state index contributed by atoms with van der Waals surface area (Å²) in [5.41, 5.74) is 0.0656. The summed E-state index contributed by atoms with van der Waals surface area (Å²) in [4.78, 5) is 19.8. The van der Waals surface area contributed by atoms with Crippen molar-refractivity contribution < 1.29 is 18.3 Å². The Morgan fingerprint density at radius 1 is 1.15 bits per heavy atom. The highest BCUT2D eigenvalue weighted by Crippen LogP contribution is 2.24. The maximum Gasteiger partial charge on any atom is 0.274 e. The number of carbonyl (C=O) groups excluding carboxylic acids is 1. The maximum absolute atomic E-state index is 13.2. The molecule has 0 bridgehead atoms. The number of nitrogens with one attached hydrogen (secondary N) is 2. The predicted octanol–water partition coefficient (Wildman–Crippen LogP) is 3.67. The first kappa shape index (κ1) is 19.6. The fraction of sp³-hybridized carbons (Fsp3) is 0.389. The summed E-state index contributed by atoms with van der Waals surface area (Å²) in [5.74, 6) is -1.79. The number of methoxy groups -OCH3 is 1. The van der Waals surface area contributed by atoms with Crippen LogP contribution in [0.5, 0.6) is 5.75 Å². The van der Waals surface area contributed by atoms with Crippen LogP contribution >= 0.6 is 0 Å². The highest BCUT2D eigenvalue weighted by Gasteiger charge is 2.24. The number of nitrogens with zero attached hydrogens (tertiary/aromatic N) is 2. The molecule has 6 nitrogen and oxygen atoms in total. The molecule has 0 aromatic carbocycles. The standard InChI is InChI=1S/C18H22F2N4O2/c1-10(18(2,3)4)21-17(25)16-12(26-5)6-7-15(24-16)22-11-8-13(19)23-14(20)9-11/h6-10H,1-5H3,(H,21,25)(H,22,23,24). The van der Waals surface area contributed by atoms with Gasteiger partial charge in [-0.15, -0.1) is 0 Å². The third kappa shape index (κ3) is 4.87. The van der Waals surface area contributed by atoms with E-state index in [0.29, 0.717) is 5.75 Å². The van der Waals surface area contributed by atoms with Crippen LogP contribution in [0, 0.1) is 17.3 Å². The molecule has 2 aromatic heterocycles. The molecule has 1 amide bonds. The highest BCUT2D eigenvalue weighted by atomic mass is 19.1. The molecule has 2 N–H and O–H groups in total. The third-order valence-corrected chi connectivity index (χ3v) is 3.98. The second-order valence-corrected chi connectivity index (χ2v) is 6.93. The molecule has 2 heterocycles. The lowest BCUT2D eigenvalue weighted by Gasteiger charge is -2.28. The largest absolute Gasteiger partial charge is 0.494 e. The summed E-state index contributed by atoms with van der Waals surface area (Å²) in [6.45, 7) is 7.92. The zero-order valence-electron chi connectivity index (χ0n) is 15.4. The van der Waals surface area contributed by atoms with Gasteiger partial charge in [-0.1, -0.05) is 20.8 Å². The highest BCUT2D eigenvalue weighted by molar-refractivity contribution is 5.95. The van der Waals surface area contributed by atoms with E-state index in [9.17, 15) is 13.6 Å². The molecular formula is C18H22F2N4O2. The first-order valence-corrected chi connectivity index (χ1v) is 8.06. The van der Waals surface area contributed by atoms with Gasteiger partial charge in [-0.05, 0) is 24.5 Å². The second kappa shape index (κ2) is 7.63. The summed E-state index contributed by atoms with van der Waals surface area (Å²) in [6.07, 6.45) is 0. The van der Waals surface area contributed by atoms with Crippen LogP contribution in [0.2, 0.25) is 0 Å². The van der Waals surface area contributed by atoms with Crippen molar-refractivity contribution >= 4 is 17.4 Å². The molecule has 140 valence electrons. The smallest absolute Gasteiger partial charge is 0.274 e. The maximum atomic E-state index is 13.2. The van der Waals surface area contributed by atoms with E-state index in [2.05, 4.69) is 20.6 Å². The van der Waals surface area contributed by atoms with Gasteiger partial charge in [0, 0.05) is 23.9 Å². The van der Waals surface area contributed by atoms with Gasteiger partial charge in [0.25, 0.3) is 5.91 Å². The van der Waals surface area contributed by atoms with E-state index in [1.165, 1.54) is 7.11 Å². The van der Waals surface area contributed by atoms with Gasteiger partial charge in [-0.3, -0.25) is 4.79 Å². The first-order valence-electron chi connectivity index (χ1n) is 8.06. The molecule has 0 saturated heterocycles. The van der Waals surface area contributed by atoms with Crippen LogP contribution in [0.15, 0.2) is 24.3 Å². The summed E-state index contributed by atoms with van der Waals surface area (Å²) < 4.78 is 31.6. The van der Waals surface area contributed by atoms with Gasteiger partial charge in [-0.2, -0.15) is 13.8 Å². The molecule has 0 aliphatic heterocycles. The molecule has 26 heavy (non-hydrogen) atoms. The Hall–Kier alpha value is -2.77. The molecule has 0 radical (unpaired) electrons. The monoisotopic (exact) mass is 364 g/mol. The van der Waals surface area contributed by atoms with Crippen molar-refractivity contribution in [3.05, 3.63) is 41.9 Å². The van der Waals surface area contributed by atoms with Crippen LogP contribution in [0.25, 0.3) is 0 Å². The number of carbonyl (C=O) groups is 1. The fourth-order valence-corrected chi connectivity index (χ4v) is 2.01. The van der Waals surface area contributed by atoms with Gasteiger partial charge < -0.3 is 15.4 Å². The van der Waals surface area contributed by atoms with E-state index >= 15 is 0 Å². The van der Waals surface area contributed by atoms with E-state index in [1.807, 2.05) is 27.7 Å². The summed E-state index contributed by atoms with van der Waals surface area (Å²) in [5, 5.41) is 5.63. The molecule has 0 spiro atoms. The molecule has 0 fully saturated rings. The Morgan fingerprint density at radius 3 is 2.31 bits per heavy atom. The predicted molar refractivity (Wildman–Crippen MR) is 94.6 cm³/mol. The van der Waals surface area contributed by atoms with Crippen molar-refractivity contribution in [3.8, 4) is 5.75 Å². The Morgan fingerprint density at radius 2 is 1.77 bits per heavy atom. The quantitative estimate of drug-likeness (QED) is 0.792. The topological polar surface area (TPSA) is 76.1 Å². The number of hydrogen-bond acceptors (Lipinski definition) is 5. The first-order chi connectivity index (χ1) is 12.1. The van der Waals surface area contributed by atoms with Gasteiger partial charge in [0.15, 0.2) is 5.69 Å². The number of amides is 1. The zero-order valence-corrected chi connectivity index (χ0v) is 15.4. The molecule has 1 atom stereocenters. The van der Waals surface area contributed by atoms with Crippen molar-refractivity contribution in [3.63, 3.8) is 0 Å². The normalized spacial score (nSPS) is 12.4. The number of ether oxygens (including phenoxy) is 1. The van der Waals surface area contributed by atoms with E-state index < -0.39 is 17.8 Å². The average molecular weight is 364 g/mol. The minimum atomic E-state index is -0.960. The Labute approximate surface area is 151 Å². The summed E-state index contributed by atoms with van der Waals surface area (Å²) in [6, 6.07) is 5.03. The molecule has 0 aliphatic rings.